The van der Waals surface area contributed by atoms with E-state index in [2.05, 4.69) is 9.64 Å². The summed E-state index contributed by atoms with van der Waals surface area (Å²) >= 11 is 0. The van der Waals surface area contributed by atoms with Gasteiger partial charge < -0.3 is 4.74 Å². The van der Waals surface area contributed by atoms with Gasteiger partial charge in [0.25, 0.3) is 0 Å². The van der Waals surface area contributed by atoms with Gasteiger partial charge in [-0.25, -0.2) is 8.42 Å². The summed E-state index contributed by atoms with van der Waals surface area (Å²) in [6.45, 7) is 4.25. The van der Waals surface area contributed by atoms with Crippen LogP contribution in [-0.4, -0.2) is 69.2 Å². The van der Waals surface area contributed by atoms with Crippen LogP contribution in [0.1, 0.15) is 13.3 Å². The van der Waals surface area contributed by atoms with E-state index in [0.717, 1.165) is 0 Å². The van der Waals surface area contributed by atoms with E-state index in [1.165, 1.54) is 17.7 Å². The van der Waals surface area contributed by atoms with Crippen LogP contribution >= 0.6 is 0 Å². The first-order chi connectivity index (χ1) is 7.84. The molecule has 0 aromatic heterocycles. The topological polar surface area (TPSA) is 66.9 Å². The second-order valence-electron chi connectivity index (χ2n) is 4.33. The van der Waals surface area contributed by atoms with Crippen molar-refractivity contribution in [1.82, 2.24) is 9.21 Å². The third kappa shape index (κ3) is 4.25. The van der Waals surface area contributed by atoms with Gasteiger partial charge in [0.1, 0.15) is 0 Å². The zero-order valence-corrected chi connectivity index (χ0v) is 11.4. The maximum absolute atomic E-state index is 11.3. The van der Waals surface area contributed by atoms with Crippen molar-refractivity contribution in [3.05, 3.63) is 0 Å². The van der Waals surface area contributed by atoms with Gasteiger partial charge in [-0.1, -0.05) is 0 Å². The highest BCUT2D eigenvalue weighted by Gasteiger charge is 2.26. The van der Waals surface area contributed by atoms with Crippen LogP contribution in [0.4, 0.5) is 0 Å². The maximum atomic E-state index is 11.3. The van der Waals surface area contributed by atoms with E-state index in [4.69, 9.17) is 0 Å². The number of hydrogen-bond acceptors (Lipinski definition) is 5. The molecular weight excluding hydrogens is 244 g/mol. The number of esters is 1. The van der Waals surface area contributed by atoms with Gasteiger partial charge in [-0.05, 0) is 6.92 Å². The van der Waals surface area contributed by atoms with Crippen LogP contribution in [0.2, 0.25) is 0 Å². The third-order valence-corrected chi connectivity index (χ3v) is 4.36. The fraction of sp³-hybridized carbons (Fsp3) is 0.900. The molecule has 0 amide bonds. The molecule has 1 aliphatic rings. The van der Waals surface area contributed by atoms with E-state index >= 15 is 0 Å². The molecule has 0 N–H and O–H groups in total. The highest BCUT2D eigenvalue weighted by atomic mass is 32.2. The molecule has 0 aromatic carbocycles. The van der Waals surface area contributed by atoms with Crippen molar-refractivity contribution < 1.29 is 17.9 Å². The summed E-state index contributed by atoms with van der Waals surface area (Å²) in [7, 11) is -1.72. The molecule has 0 radical (unpaired) electrons. The average Bonchev–Trinajstić information content (AvgIpc) is 2.27. The lowest BCUT2D eigenvalue weighted by Gasteiger charge is -2.36. The van der Waals surface area contributed by atoms with Crippen molar-refractivity contribution in [2.45, 2.75) is 19.4 Å². The van der Waals surface area contributed by atoms with Gasteiger partial charge in [0.15, 0.2) is 0 Å². The summed E-state index contributed by atoms with van der Waals surface area (Å²) in [6, 6.07) is 0.0872. The Kier molecular flexibility index (Phi) is 4.91. The summed E-state index contributed by atoms with van der Waals surface area (Å²) < 4.78 is 28.7. The molecule has 1 unspecified atom stereocenters. The fourth-order valence-electron chi connectivity index (χ4n) is 1.93. The Morgan fingerprint density at radius 3 is 2.24 bits per heavy atom. The van der Waals surface area contributed by atoms with Gasteiger partial charge in [0, 0.05) is 32.2 Å². The highest BCUT2D eigenvalue weighted by molar-refractivity contribution is 7.88. The first-order valence-corrected chi connectivity index (χ1v) is 7.45. The van der Waals surface area contributed by atoms with E-state index in [9.17, 15) is 13.2 Å². The van der Waals surface area contributed by atoms with Crippen LogP contribution in [0.25, 0.3) is 0 Å². The minimum absolute atomic E-state index is 0.0872. The van der Waals surface area contributed by atoms with Crippen molar-refractivity contribution in [3.8, 4) is 0 Å². The number of ether oxygens (including phenoxy) is 1. The van der Waals surface area contributed by atoms with Gasteiger partial charge in [0.05, 0.1) is 19.8 Å². The smallest absolute Gasteiger partial charge is 0.307 e. The highest BCUT2D eigenvalue weighted by Crippen LogP contribution is 2.11. The molecule has 0 bridgehead atoms. The van der Waals surface area contributed by atoms with Crippen LogP contribution in [0, 0.1) is 0 Å². The van der Waals surface area contributed by atoms with E-state index in [0.29, 0.717) is 32.6 Å². The minimum atomic E-state index is -3.09. The lowest BCUT2D eigenvalue weighted by atomic mass is 10.2. The molecule has 0 saturated carbocycles. The molecule has 6 nitrogen and oxygen atoms in total. The van der Waals surface area contributed by atoms with Crippen LogP contribution in [0.3, 0.4) is 0 Å². The lowest BCUT2D eigenvalue weighted by Crippen LogP contribution is -2.51. The number of carbonyl (C=O) groups is 1. The second-order valence-corrected chi connectivity index (χ2v) is 6.31. The van der Waals surface area contributed by atoms with Gasteiger partial charge >= 0.3 is 5.97 Å². The number of sulfonamides is 1. The predicted octanol–water partition coefficient (Wildman–Crippen LogP) is -0.485. The van der Waals surface area contributed by atoms with E-state index in [-0.39, 0.29) is 12.0 Å². The predicted molar refractivity (Wildman–Crippen MR) is 64.1 cm³/mol. The van der Waals surface area contributed by atoms with Gasteiger partial charge in [0.2, 0.25) is 10.0 Å². The molecule has 0 aromatic rings. The van der Waals surface area contributed by atoms with Crippen molar-refractivity contribution in [2.24, 2.45) is 0 Å². The number of piperazine rings is 1. The van der Waals surface area contributed by atoms with Gasteiger partial charge in [-0.15, -0.1) is 0 Å². The molecule has 17 heavy (non-hydrogen) atoms. The van der Waals surface area contributed by atoms with Gasteiger partial charge in [-0.3, -0.25) is 9.69 Å². The SMILES string of the molecule is COC(=O)CC(C)N1CCN(S(C)(=O)=O)CC1. The third-order valence-electron chi connectivity index (χ3n) is 3.06. The quantitative estimate of drug-likeness (QED) is 0.641. The molecule has 1 saturated heterocycles. The number of hydrogen-bond donors (Lipinski definition) is 0. The molecule has 1 heterocycles. The Balaban J connectivity index is 2.44. The molecule has 100 valence electrons. The van der Waals surface area contributed by atoms with E-state index < -0.39 is 10.0 Å². The first-order valence-electron chi connectivity index (χ1n) is 5.60. The Bertz CT molecular complexity index is 361. The number of methoxy groups -OCH3 is 1. The van der Waals surface area contributed by atoms with Crippen molar-refractivity contribution >= 4 is 16.0 Å². The number of nitrogens with zero attached hydrogens (tertiary/aromatic N) is 2. The Labute approximate surface area is 103 Å². The van der Waals surface area contributed by atoms with E-state index in [1.807, 2.05) is 6.92 Å². The number of carbonyl (C=O) groups excluding carboxylic acids is 1. The van der Waals surface area contributed by atoms with Crippen LogP contribution in [-0.2, 0) is 19.6 Å². The summed E-state index contributed by atoms with van der Waals surface area (Å²) in [5.41, 5.74) is 0. The average molecular weight is 264 g/mol. The normalized spacial score (nSPS) is 21.1. The Hall–Kier alpha value is -0.660. The zero-order chi connectivity index (χ0) is 13.1. The molecule has 0 spiro atoms. The lowest BCUT2D eigenvalue weighted by molar-refractivity contribution is -0.142. The monoisotopic (exact) mass is 264 g/mol. The first kappa shape index (κ1) is 14.4. The summed E-state index contributed by atoms with van der Waals surface area (Å²) in [5.74, 6) is -0.233. The Morgan fingerprint density at radius 2 is 1.82 bits per heavy atom. The van der Waals surface area contributed by atoms with E-state index in [1.54, 1.807) is 0 Å². The molecule has 7 heteroatoms. The minimum Gasteiger partial charge on any atom is -0.469 e. The van der Waals surface area contributed by atoms with Crippen molar-refractivity contribution in [1.29, 1.82) is 0 Å². The second kappa shape index (κ2) is 5.79. The molecule has 1 rings (SSSR count). The molecule has 1 aliphatic heterocycles. The molecule has 1 fully saturated rings. The van der Waals surface area contributed by atoms with Crippen LogP contribution in [0.5, 0.6) is 0 Å². The number of rotatable bonds is 4. The Morgan fingerprint density at radius 1 is 1.29 bits per heavy atom. The summed E-state index contributed by atoms with van der Waals surface area (Å²) in [5, 5.41) is 0. The van der Waals surface area contributed by atoms with Crippen LogP contribution in [0.15, 0.2) is 0 Å². The summed E-state index contributed by atoms with van der Waals surface area (Å²) in [6.07, 6.45) is 1.57. The standard InChI is InChI=1S/C10H20N2O4S/c1-9(8-10(13)16-2)11-4-6-12(7-5-11)17(3,14)15/h9H,4-8H2,1-3H3. The summed E-state index contributed by atoms with van der Waals surface area (Å²) in [4.78, 5) is 13.2. The van der Waals surface area contributed by atoms with Gasteiger partial charge in [-0.2, -0.15) is 4.31 Å². The van der Waals surface area contributed by atoms with Crippen molar-refractivity contribution in [2.75, 3.05) is 39.5 Å². The fourth-order valence-corrected chi connectivity index (χ4v) is 2.76. The zero-order valence-electron chi connectivity index (χ0n) is 10.5. The molecule has 1 atom stereocenters. The molecule has 0 aliphatic carbocycles. The van der Waals surface area contributed by atoms with Crippen molar-refractivity contribution in [3.63, 3.8) is 0 Å². The van der Waals surface area contributed by atoms with Crippen LogP contribution < -0.4 is 0 Å². The maximum Gasteiger partial charge on any atom is 0.307 e. The molecular formula is C10H20N2O4S. The largest absolute Gasteiger partial charge is 0.469 e.